The van der Waals surface area contributed by atoms with Crippen molar-refractivity contribution in [3.8, 4) is 0 Å². The van der Waals surface area contributed by atoms with E-state index in [0.29, 0.717) is 11.1 Å². The van der Waals surface area contributed by atoms with Gasteiger partial charge in [-0.2, -0.15) is 13.2 Å². The molecule has 0 saturated heterocycles. The van der Waals surface area contributed by atoms with Crippen molar-refractivity contribution in [3.63, 3.8) is 0 Å². The molecule has 30 heavy (non-hydrogen) atoms. The maximum atomic E-state index is 13.6. The highest BCUT2D eigenvalue weighted by atomic mass is 32.2. The molecule has 4 aromatic rings. The van der Waals surface area contributed by atoms with Gasteiger partial charge in [0.1, 0.15) is 0 Å². The number of fused-ring (bicyclic) bond motifs is 1. The van der Waals surface area contributed by atoms with Gasteiger partial charge in [-0.3, -0.25) is 0 Å². The Labute approximate surface area is 170 Å². The number of H-pyrrole nitrogens is 1. The summed E-state index contributed by atoms with van der Waals surface area (Å²) >= 11 is 0. The third kappa shape index (κ3) is 4.02. The van der Waals surface area contributed by atoms with Crippen LogP contribution in [0.5, 0.6) is 0 Å². The van der Waals surface area contributed by atoms with Crippen molar-refractivity contribution in [2.45, 2.75) is 17.5 Å². The van der Waals surface area contributed by atoms with Gasteiger partial charge in [0.2, 0.25) is 5.95 Å². The van der Waals surface area contributed by atoms with Gasteiger partial charge < -0.3 is 4.98 Å². The number of rotatable bonds is 5. The predicted octanol–water partition coefficient (Wildman–Crippen LogP) is 4.97. The summed E-state index contributed by atoms with van der Waals surface area (Å²) in [7, 11) is -3.94. The van der Waals surface area contributed by atoms with Crippen molar-refractivity contribution < 1.29 is 21.6 Å². The van der Waals surface area contributed by atoms with Crippen molar-refractivity contribution >= 4 is 27.0 Å². The van der Waals surface area contributed by atoms with Crippen LogP contribution in [-0.2, 0) is 22.6 Å². The normalized spacial score (nSPS) is 12.2. The van der Waals surface area contributed by atoms with Crippen LogP contribution in [0.25, 0.3) is 11.0 Å². The van der Waals surface area contributed by atoms with Gasteiger partial charge >= 0.3 is 6.18 Å². The smallest absolute Gasteiger partial charge is 0.323 e. The molecule has 0 amide bonds. The number of nitrogens with one attached hydrogen (secondary N) is 2. The molecule has 2 N–H and O–H groups in total. The zero-order valence-electron chi connectivity index (χ0n) is 15.4. The zero-order chi connectivity index (χ0) is 21.4. The molecule has 0 aliphatic heterocycles. The quantitative estimate of drug-likeness (QED) is 0.468. The summed E-state index contributed by atoms with van der Waals surface area (Å²) in [4.78, 5) is 6.92. The van der Waals surface area contributed by atoms with Gasteiger partial charge in [0, 0.05) is 6.42 Å². The molecule has 1 aromatic heterocycles. The lowest BCUT2D eigenvalue weighted by Crippen LogP contribution is -2.13. The van der Waals surface area contributed by atoms with E-state index >= 15 is 0 Å². The summed E-state index contributed by atoms with van der Waals surface area (Å²) in [6.07, 6.45) is -4.57. The molecule has 0 fully saturated rings. The number of imidazole rings is 1. The molecule has 0 aliphatic rings. The molecule has 0 aliphatic carbocycles. The number of hydrogen-bond donors (Lipinski definition) is 2. The minimum absolute atomic E-state index is 0.00273. The molecule has 4 rings (SSSR count). The minimum Gasteiger partial charge on any atom is -0.323 e. The average Bonchev–Trinajstić information content (AvgIpc) is 3.11. The molecule has 0 unspecified atom stereocenters. The van der Waals surface area contributed by atoms with Crippen LogP contribution >= 0.6 is 0 Å². The Kier molecular flexibility index (Phi) is 4.98. The van der Waals surface area contributed by atoms with E-state index in [1.807, 2.05) is 0 Å². The van der Waals surface area contributed by atoms with E-state index in [2.05, 4.69) is 14.7 Å². The highest BCUT2D eigenvalue weighted by Gasteiger charge is 2.34. The SMILES string of the molecule is O=S(=O)(Nc1nc2c(Cc3ccccc3)c(C(F)(F)F)ccc2[nH]1)c1ccccc1. The van der Waals surface area contributed by atoms with Crippen LogP contribution in [0, 0.1) is 0 Å². The first-order valence-corrected chi connectivity index (χ1v) is 10.4. The first-order chi connectivity index (χ1) is 14.2. The van der Waals surface area contributed by atoms with Gasteiger partial charge in [-0.15, -0.1) is 0 Å². The Bertz CT molecular complexity index is 1290. The number of hydrogen-bond acceptors (Lipinski definition) is 3. The molecule has 0 radical (unpaired) electrons. The van der Waals surface area contributed by atoms with E-state index < -0.39 is 21.8 Å². The van der Waals surface area contributed by atoms with Crippen molar-refractivity contribution in [2.24, 2.45) is 0 Å². The van der Waals surface area contributed by atoms with Crippen LogP contribution in [0.3, 0.4) is 0 Å². The maximum absolute atomic E-state index is 13.6. The summed E-state index contributed by atoms with van der Waals surface area (Å²) in [6, 6.07) is 18.6. The van der Waals surface area contributed by atoms with Crippen LogP contribution in [0.2, 0.25) is 0 Å². The van der Waals surface area contributed by atoms with Crippen molar-refractivity contribution in [2.75, 3.05) is 4.72 Å². The fourth-order valence-corrected chi connectivity index (χ4v) is 4.20. The van der Waals surface area contributed by atoms with Gasteiger partial charge in [-0.05, 0) is 35.4 Å². The monoisotopic (exact) mass is 431 g/mol. The summed E-state index contributed by atoms with van der Waals surface area (Å²) < 4.78 is 68.2. The van der Waals surface area contributed by atoms with E-state index in [1.165, 1.54) is 18.2 Å². The lowest BCUT2D eigenvalue weighted by Gasteiger charge is -2.13. The first kappa shape index (κ1) is 20.0. The molecule has 0 atom stereocenters. The van der Waals surface area contributed by atoms with Crippen LogP contribution in [0.1, 0.15) is 16.7 Å². The molecule has 1 heterocycles. The second-order valence-electron chi connectivity index (χ2n) is 6.65. The van der Waals surface area contributed by atoms with E-state index in [4.69, 9.17) is 0 Å². The van der Waals surface area contributed by atoms with Gasteiger partial charge in [0.05, 0.1) is 21.5 Å². The van der Waals surface area contributed by atoms with Crippen molar-refractivity contribution in [1.82, 2.24) is 9.97 Å². The molecule has 0 bridgehead atoms. The third-order valence-corrected chi connectivity index (χ3v) is 5.93. The Morgan fingerprint density at radius 2 is 1.53 bits per heavy atom. The van der Waals surface area contributed by atoms with Crippen LogP contribution in [-0.4, -0.2) is 18.4 Å². The number of sulfonamides is 1. The summed E-state index contributed by atoms with van der Waals surface area (Å²) in [5.74, 6) is -0.150. The number of halogens is 3. The highest BCUT2D eigenvalue weighted by molar-refractivity contribution is 7.92. The molecule has 0 saturated carbocycles. The van der Waals surface area contributed by atoms with E-state index in [9.17, 15) is 21.6 Å². The number of nitrogens with zero attached hydrogens (tertiary/aromatic N) is 1. The standard InChI is InChI=1S/C21H16F3N3O2S/c22-21(23,24)17-11-12-18-19(16(17)13-14-7-3-1-4-8-14)26-20(25-18)27-30(28,29)15-9-5-2-6-10-15/h1-12H,13H2,(H2,25,26,27). The van der Waals surface area contributed by atoms with Gasteiger partial charge in [0.15, 0.2) is 0 Å². The van der Waals surface area contributed by atoms with Gasteiger partial charge in [-0.25, -0.2) is 18.1 Å². The van der Waals surface area contributed by atoms with Crippen molar-refractivity contribution in [3.05, 3.63) is 89.5 Å². The topological polar surface area (TPSA) is 74.8 Å². The van der Waals surface area contributed by atoms with Crippen LogP contribution in [0.4, 0.5) is 19.1 Å². The zero-order valence-corrected chi connectivity index (χ0v) is 16.3. The fraction of sp³-hybridized carbons (Fsp3) is 0.0952. The Morgan fingerprint density at radius 1 is 0.900 bits per heavy atom. The Balaban J connectivity index is 1.79. The molecule has 0 spiro atoms. The number of aromatic nitrogens is 2. The summed E-state index contributed by atoms with van der Waals surface area (Å²) in [5, 5.41) is 0. The van der Waals surface area contributed by atoms with Gasteiger partial charge in [-0.1, -0.05) is 48.5 Å². The number of benzene rings is 3. The van der Waals surface area contributed by atoms with Crippen LogP contribution in [0.15, 0.2) is 77.7 Å². The second-order valence-corrected chi connectivity index (χ2v) is 8.33. The fourth-order valence-electron chi connectivity index (χ4n) is 3.21. The third-order valence-electron chi connectivity index (χ3n) is 4.57. The van der Waals surface area contributed by atoms with Crippen molar-refractivity contribution in [1.29, 1.82) is 0 Å². The maximum Gasteiger partial charge on any atom is 0.416 e. The van der Waals surface area contributed by atoms with E-state index in [1.54, 1.807) is 48.5 Å². The summed E-state index contributed by atoms with van der Waals surface area (Å²) in [5.41, 5.74) is 0.236. The molecule has 154 valence electrons. The van der Waals surface area contributed by atoms with E-state index in [-0.39, 0.29) is 28.3 Å². The lowest BCUT2D eigenvalue weighted by molar-refractivity contribution is -0.138. The predicted molar refractivity (Wildman–Crippen MR) is 108 cm³/mol. The number of alkyl halides is 3. The number of anilines is 1. The van der Waals surface area contributed by atoms with Gasteiger partial charge in [0.25, 0.3) is 10.0 Å². The number of aromatic amines is 1. The largest absolute Gasteiger partial charge is 0.416 e. The second kappa shape index (κ2) is 7.49. The first-order valence-electron chi connectivity index (χ1n) is 8.94. The minimum atomic E-state index is -4.57. The van der Waals surface area contributed by atoms with E-state index in [0.717, 1.165) is 6.07 Å². The van der Waals surface area contributed by atoms with Crippen LogP contribution < -0.4 is 4.72 Å². The summed E-state index contributed by atoms with van der Waals surface area (Å²) in [6.45, 7) is 0. The Hall–Kier alpha value is -3.33. The molecule has 3 aromatic carbocycles. The molecular weight excluding hydrogens is 415 g/mol. The molecular formula is C21H16F3N3O2S. The lowest BCUT2D eigenvalue weighted by atomic mass is 9.98. The Morgan fingerprint density at radius 3 is 2.17 bits per heavy atom. The molecule has 5 nitrogen and oxygen atoms in total. The highest BCUT2D eigenvalue weighted by Crippen LogP contribution is 2.36. The average molecular weight is 431 g/mol. The molecule has 9 heteroatoms.